The van der Waals surface area contributed by atoms with E-state index in [4.69, 9.17) is 14.2 Å². The van der Waals surface area contributed by atoms with Crippen LogP contribution in [0.25, 0.3) is 0 Å². The van der Waals surface area contributed by atoms with Gasteiger partial charge < -0.3 is 14.2 Å². The third-order valence-electron chi connectivity index (χ3n) is 7.54. The molecular weight excluding hydrogens is 288 g/mol. The van der Waals surface area contributed by atoms with Gasteiger partial charge in [0.1, 0.15) is 0 Å². The lowest BCUT2D eigenvalue weighted by molar-refractivity contribution is -0.0315. The Hall–Kier alpha value is -1.16. The minimum atomic E-state index is 0.301. The van der Waals surface area contributed by atoms with Crippen LogP contribution in [0.3, 0.4) is 0 Å². The van der Waals surface area contributed by atoms with Gasteiger partial charge in [0.15, 0.2) is 0 Å². The predicted molar refractivity (Wildman–Crippen MR) is 82.9 cm³/mol. The van der Waals surface area contributed by atoms with Gasteiger partial charge in [0.2, 0.25) is 0 Å². The maximum absolute atomic E-state index is 6.55. The zero-order valence-electron chi connectivity index (χ0n) is 12.8. The molecule has 3 nitrogen and oxygen atoms in total. The summed E-state index contributed by atoms with van der Waals surface area (Å²) in [4.78, 5) is 0. The molecule has 0 amide bonds. The number of hydrogen-bond donors (Lipinski definition) is 0. The van der Waals surface area contributed by atoms with E-state index < -0.39 is 0 Å². The van der Waals surface area contributed by atoms with Gasteiger partial charge in [-0.05, 0) is 12.0 Å². The van der Waals surface area contributed by atoms with Gasteiger partial charge >= 0.3 is 0 Å². The molecule has 11 atom stereocenters. The molecule has 0 radical (unpaired) electrons. The minimum Gasteiger partial charge on any atom is -0.374 e. The van der Waals surface area contributed by atoms with Gasteiger partial charge in [-0.15, -0.1) is 0 Å². The first-order valence-electron chi connectivity index (χ1n) is 9.10. The molecule has 5 fully saturated rings. The van der Waals surface area contributed by atoms with Crippen molar-refractivity contribution in [2.24, 2.45) is 23.7 Å². The molecule has 0 saturated carbocycles. The van der Waals surface area contributed by atoms with Crippen molar-refractivity contribution in [2.75, 3.05) is 0 Å². The van der Waals surface area contributed by atoms with E-state index in [1.165, 1.54) is 12.0 Å². The average molecular weight is 308 g/mol. The first-order valence-corrected chi connectivity index (χ1v) is 9.10. The monoisotopic (exact) mass is 308 g/mol. The Labute approximate surface area is 135 Å². The van der Waals surface area contributed by atoms with E-state index in [0.717, 1.165) is 0 Å². The standard InChI is InChI=1S/C20H20O3/c1-2-4-9(5-3-1)10-8-13-16-17(18(10)22-13)20-15-12-7-6-11(21-12)14(15)19(16)23-20/h1-7,10-20H,8H2. The molecule has 1 aromatic carbocycles. The number of benzene rings is 1. The molecule has 3 heteroatoms. The van der Waals surface area contributed by atoms with E-state index in [-0.39, 0.29) is 0 Å². The minimum absolute atomic E-state index is 0.301. The zero-order valence-corrected chi connectivity index (χ0v) is 12.8. The maximum atomic E-state index is 6.55. The molecule has 6 aliphatic rings. The van der Waals surface area contributed by atoms with Crippen molar-refractivity contribution in [3.8, 4) is 0 Å². The Morgan fingerprint density at radius 1 is 0.696 bits per heavy atom. The van der Waals surface area contributed by atoms with Gasteiger partial charge in [0.25, 0.3) is 0 Å². The zero-order chi connectivity index (χ0) is 14.7. The number of rotatable bonds is 1. The van der Waals surface area contributed by atoms with E-state index >= 15 is 0 Å². The van der Waals surface area contributed by atoms with Crippen LogP contribution in [0.15, 0.2) is 42.5 Å². The smallest absolute Gasteiger partial charge is 0.0822 e. The average Bonchev–Trinajstić information content (AvgIpc) is 3.41. The Kier molecular flexibility index (Phi) is 2.08. The van der Waals surface area contributed by atoms with Crippen molar-refractivity contribution >= 4 is 0 Å². The van der Waals surface area contributed by atoms with Gasteiger partial charge in [-0.3, -0.25) is 0 Å². The fourth-order valence-corrected chi connectivity index (χ4v) is 6.91. The fourth-order valence-electron chi connectivity index (χ4n) is 6.91. The summed E-state index contributed by atoms with van der Waals surface area (Å²) in [7, 11) is 0. The predicted octanol–water partition coefficient (Wildman–Crippen LogP) is 2.52. The molecule has 0 aromatic heterocycles. The van der Waals surface area contributed by atoms with Gasteiger partial charge in [0.05, 0.1) is 36.6 Å². The summed E-state index contributed by atoms with van der Waals surface area (Å²) >= 11 is 0. The molecule has 6 bridgehead atoms. The molecule has 6 heterocycles. The molecule has 0 aliphatic carbocycles. The van der Waals surface area contributed by atoms with Gasteiger partial charge in [0, 0.05) is 29.6 Å². The highest BCUT2D eigenvalue weighted by Gasteiger charge is 2.74. The summed E-state index contributed by atoms with van der Waals surface area (Å²) in [5.74, 6) is 2.92. The van der Waals surface area contributed by atoms with E-state index in [2.05, 4.69) is 42.5 Å². The Morgan fingerprint density at radius 2 is 1.43 bits per heavy atom. The maximum Gasteiger partial charge on any atom is 0.0822 e. The molecule has 118 valence electrons. The van der Waals surface area contributed by atoms with Crippen LogP contribution in [0.4, 0.5) is 0 Å². The molecule has 6 aliphatic heterocycles. The van der Waals surface area contributed by atoms with Gasteiger partial charge in [-0.1, -0.05) is 42.5 Å². The lowest BCUT2D eigenvalue weighted by atomic mass is 9.59. The summed E-state index contributed by atoms with van der Waals surface area (Å²) in [6, 6.07) is 10.9. The second-order valence-corrected chi connectivity index (χ2v) is 8.22. The summed E-state index contributed by atoms with van der Waals surface area (Å²) < 4.78 is 19.2. The van der Waals surface area contributed by atoms with Crippen molar-refractivity contribution < 1.29 is 14.2 Å². The van der Waals surface area contributed by atoms with Crippen LogP contribution < -0.4 is 0 Å². The summed E-state index contributed by atoms with van der Waals surface area (Å²) in [6.45, 7) is 0. The first-order chi connectivity index (χ1) is 11.4. The molecule has 0 N–H and O–H groups in total. The third kappa shape index (κ3) is 1.29. The molecule has 23 heavy (non-hydrogen) atoms. The molecule has 5 saturated heterocycles. The quantitative estimate of drug-likeness (QED) is 0.746. The fraction of sp³-hybridized carbons (Fsp3) is 0.600. The Bertz CT molecular complexity index is 700. The normalized spacial score (nSPS) is 59.7. The number of fused-ring (bicyclic) bond motifs is 16. The van der Waals surface area contributed by atoms with E-state index in [9.17, 15) is 0 Å². The van der Waals surface area contributed by atoms with Crippen LogP contribution in [0.2, 0.25) is 0 Å². The van der Waals surface area contributed by atoms with Crippen LogP contribution in [-0.2, 0) is 14.2 Å². The van der Waals surface area contributed by atoms with E-state index in [0.29, 0.717) is 66.2 Å². The molecule has 11 unspecified atom stereocenters. The summed E-state index contributed by atoms with van der Waals surface area (Å²) in [5, 5.41) is 0. The van der Waals surface area contributed by atoms with Crippen LogP contribution in [0.5, 0.6) is 0 Å². The van der Waals surface area contributed by atoms with Crippen molar-refractivity contribution in [3.05, 3.63) is 48.0 Å². The number of hydrogen-bond acceptors (Lipinski definition) is 3. The van der Waals surface area contributed by atoms with E-state index in [1.54, 1.807) is 0 Å². The van der Waals surface area contributed by atoms with E-state index in [1.807, 2.05) is 0 Å². The Morgan fingerprint density at radius 3 is 2.22 bits per heavy atom. The number of ether oxygens (including phenoxy) is 3. The lowest BCUT2D eigenvalue weighted by Gasteiger charge is -2.39. The molecule has 0 spiro atoms. The second kappa shape index (κ2) is 3.90. The van der Waals surface area contributed by atoms with Crippen LogP contribution in [0.1, 0.15) is 17.9 Å². The highest BCUT2D eigenvalue weighted by Crippen LogP contribution is 2.66. The third-order valence-corrected chi connectivity index (χ3v) is 7.54. The molecular formula is C20H20O3. The SMILES string of the molecule is C1=CC2OC1C1C3OC(C21)C1C2OC(CC2c2ccccc2)C31. The van der Waals surface area contributed by atoms with Crippen molar-refractivity contribution in [1.29, 1.82) is 0 Å². The largest absolute Gasteiger partial charge is 0.374 e. The highest BCUT2D eigenvalue weighted by atomic mass is 16.6. The summed E-state index contributed by atoms with van der Waals surface area (Å²) in [5.41, 5.74) is 1.45. The van der Waals surface area contributed by atoms with Crippen LogP contribution in [-0.4, -0.2) is 36.6 Å². The first kappa shape index (κ1) is 12.2. The topological polar surface area (TPSA) is 27.7 Å². The van der Waals surface area contributed by atoms with Crippen LogP contribution in [0, 0.1) is 23.7 Å². The Balaban J connectivity index is 1.28. The highest BCUT2D eigenvalue weighted by molar-refractivity contribution is 5.31. The molecule has 7 rings (SSSR count). The van der Waals surface area contributed by atoms with Gasteiger partial charge in [-0.2, -0.15) is 0 Å². The lowest BCUT2D eigenvalue weighted by Crippen LogP contribution is -2.49. The summed E-state index contributed by atoms with van der Waals surface area (Å²) in [6.07, 6.45) is 7.81. The van der Waals surface area contributed by atoms with Crippen molar-refractivity contribution in [3.63, 3.8) is 0 Å². The molecule has 1 aromatic rings. The second-order valence-electron chi connectivity index (χ2n) is 8.22. The van der Waals surface area contributed by atoms with Crippen molar-refractivity contribution in [2.45, 2.75) is 49.0 Å². The van der Waals surface area contributed by atoms with Gasteiger partial charge in [-0.25, -0.2) is 0 Å². The van der Waals surface area contributed by atoms with Crippen molar-refractivity contribution in [1.82, 2.24) is 0 Å². The van der Waals surface area contributed by atoms with Crippen LogP contribution >= 0.6 is 0 Å².